The Morgan fingerprint density at radius 3 is 2.26 bits per heavy atom. The van der Waals surface area contributed by atoms with Crippen molar-refractivity contribution in [1.29, 1.82) is 0 Å². The SMILES string of the molecule is OC(c1cccc(F)c1)c1ccc2ccccc2c1. The van der Waals surface area contributed by atoms with Gasteiger partial charge in [-0.1, -0.05) is 48.5 Å². The van der Waals surface area contributed by atoms with E-state index in [9.17, 15) is 9.50 Å². The highest BCUT2D eigenvalue weighted by atomic mass is 19.1. The number of halogens is 1. The molecule has 0 amide bonds. The molecule has 3 aromatic carbocycles. The van der Waals surface area contributed by atoms with Crippen LogP contribution in [0.25, 0.3) is 10.8 Å². The molecular formula is C17H13FO. The van der Waals surface area contributed by atoms with Crippen LogP contribution >= 0.6 is 0 Å². The van der Waals surface area contributed by atoms with Gasteiger partial charge in [0.15, 0.2) is 0 Å². The van der Waals surface area contributed by atoms with Gasteiger partial charge in [-0.3, -0.25) is 0 Å². The van der Waals surface area contributed by atoms with E-state index in [-0.39, 0.29) is 5.82 Å². The molecule has 1 N–H and O–H groups in total. The lowest BCUT2D eigenvalue weighted by molar-refractivity contribution is 0.220. The first-order valence-electron chi connectivity index (χ1n) is 6.16. The van der Waals surface area contributed by atoms with E-state index >= 15 is 0 Å². The summed E-state index contributed by atoms with van der Waals surface area (Å²) in [6.45, 7) is 0. The van der Waals surface area contributed by atoms with Crippen LogP contribution in [0.4, 0.5) is 4.39 Å². The molecule has 94 valence electrons. The van der Waals surface area contributed by atoms with Crippen LogP contribution in [0.15, 0.2) is 66.7 Å². The molecule has 0 radical (unpaired) electrons. The van der Waals surface area contributed by atoms with Crippen LogP contribution in [0.1, 0.15) is 17.2 Å². The van der Waals surface area contributed by atoms with Crippen LogP contribution in [0, 0.1) is 5.82 Å². The van der Waals surface area contributed by atoms with E-state index in [0.717, 1.165) is 16.3 Å². The predicted octanol–water partition coefficient (Wildman–Crippen LogP) is 4.06. The molecule has 0 aliphatic heterocycles. The van der Waals surface area contributed by atoms with Gasteiger partial charge in [0.05, 0.1) is 0 Å². The van der Waals surface area contributed by atoms with Crippen molar-refractivity contribution in [2.24, 2.45) is 0 Å². The van der Waals surface area contributed by atoms with Gasteiger partial charge >= 0.3 is 0 Å². The molecule has 2 heteroatoms. The summed E-state index contributed by atoms with van der Waals surface area (Å²) < 4.78 is 13.2. The van der Waals surface area contributed by atoms with Crippen molar-refractivity contribution in [3.8, 4) is 0 Å². The predicted molar refractivity (Wildman–Crippen MR) is 74.4 cm³/mol. The Morgan fingerprint density at radius 2 is 1.47 bits per heavy atom. The van der Waals surface area contributed by atoms with E-state index in [1.54, 1.807) is 12.1 Å². The number of aliphatic hydroxyl groups excluding tert-OH is 1. The molecule has 0 saturated heterocycles. The van der Waals surface area contributed by atoms with Gasteiger partial charge < -0.3 is 5.11 Å². The fourth-order valence-electron chi connectivity index (χ4n) is 2.25. The number of rotatable bonds is 2. The van der Waals surface area contributed by atoms with Crippen LogP contribution in [0.5, 0.6) is 0 Å². The highest BCUT2D eigenvalue weighted by Gasteiger charge is 2.11. The van der Waals surface area contributed by atoms with Gasteiger partial charge in [-0.2, -0.15) is 0 Å². The van der Waals surface area contributed by atoms with Crippen molar-refractivity contribution in [3.05, 3.63) is 83.7 Å². The molecule has 19 heavy (non-hydrogen) atoms. The Morgan fingerprint density at radius 1 is 0.737 bits per heavy atom. The minimum absolute atomic E-state index is 0.336. The summed E-state index contributed by atoms with van der Waals surface area (Å²) in [6.07, 6.45) is -0.805. The molecule has 0 fully saturated rings. The van der Waals surface area contributed by atoms with Gasteiger partial charge in [0.25, 0.3) is 0 Å². The number of hydrogen-bond acceptors (Lipinski definition) is 1. The molecule has 0 saturated carbocycles. The largest absolute Gasteiger partial charge is 0.384 e. The molecule has 0 aromatic heterocycles. The molecule has 0 aliphatic rings. The third-order valence-corrected chi connectivity index (χ3v) is 3.25. The van der Waals surface area contributed by atoms with Gasteiger partial charge in [-0.05, 0) is 40.1 Å². The van der Waals surface area contributed by atoms with Crippen molar-refractivity contribution in [2.75, 3.05) is 0 Å². The second-order valence-electron chi connectivity index (χ2n) is 4.56. The summed E-state index contributed by atoms with van der Waals surface area (Å²) in [4.78, 5) is 0. The Kier molecular flexibility index (Phi) is 3.02. The molecule has 0 aliphatic carbocycles. The number of fused-ring (bicyclic) bond motifs is 1. The van der Waals surface area contributed by atoms with Crippen molar-refractivity contribution in [1.82, 2.24) is 0 Å². The van der Waals surface area contributed by atoms with E-state index < -0.39 is 6.10 Å². The summed E-state index contributed by atoms with van der Waals surface area (Å²) in [6, 6.07) is 19.8. The van der Waals surface area contributed by atoms with Crippen molar-refractivity contribution in [2.45, 2.75) is 6.10 Å². The van der Waals surface area contributed by atoms with Crippen LogP contribution in [0.2, 0.25) is 0 Å². The minimum atomic E-state index is -0.805. The lowest BCUT2D eigenvalue weighted by Gasteiger charge is -2.12. The van der Waals surface area contributed by atoms with Crippen molar-refractivity contribution < 1.29 is 9.50 Å². The normalized spacial score (nSPS) is 12.5. The quantitative estimate of drug-likeness (QED) is 0.729. The third-order valence-electron chi connectivity index (χ3n) is 3.25. The van der Waals surface area contributed by atoms with Crippen LogP contribution in [0.3, 0.4) is 0 Å². The first-order valence-corrected chi connectivity index (χ1v) is 6.16. The fourth-order valence-corrected chi connectivity index (χ4v) is 2.25. The van der Waals surface area contributed by atoms with Gasteiger partial charge in [0.2, 0.25) is 0 Å². The Bertz CT molecular complexity index is 721. The molecule has 0 spiro atoms. The smallest absolute Gasteiger partial charge is 0.123 e. The molecule has 1 nitrogen and oxygen atoms in total. The van der Waals surface area contributed by atoms with Crippen LogP contribution < -0.4 is 0 Å². The Hall–Kier alpha value is -2.19. The molecule has 1 atom stereocenters. The maximum Gasteiger partial charge on any atom is 0.123 e. The zero-order valence-corrected chi connectivity index (χ0v) is 10.3. The third kappa shape index (κ3) is 2.35. The standard InChI is InChI=1S/C17H13FO/c18-16-7-3-6-14(11-16)17(19)15-9-8-12-4-1-2-5-13(12)10-15/h1-11,17,19H. The lowest BCUT2D eigenvalue weighted by atomic mass is 9.98. The summed E-state index contributed by atoms with van der Waals surface area (Å²) in [7, 11) is 0. The zero-order valence-electron chi connectivity index (χ0n) is 10.3. The minimum Gasteiger partial charge on any atom is -0.384 e. The monoisotopic (exact) mass is 252 g/mol. The van der Waals surface area contributed by atoms with Crippen LogP contribution in [-0.4, -0.2) is 5.11 Å². The van der Waals surface area contributed by atoms with E-state index in [2.05, 4.69) is 0 Å². The Balaban J connectivity index is 2.04. The maximum absolute atomic E-state index is 13.2. The fraction of sp³-hybridized carbons (Fsp3) is 0.0588. The number of hydrogen-bond donors (Lipinski definition) is 1. The van der Waals surface area contributed by atoms with E-state index in [1.165, 1.54) is 12.1 Å². The van der Waals surface area contributed by atoms with Crippen LogP contribution in [-0.2, 0) is 0 Å². The topological polar surface area (TPSA) is 20.2 Å². The number of benzene rings is 3. The van der Waals surface area contributed by atoms with E-state index in [4.69, 9.17) is 0 Å². The van der Waals surface area contributed by atoms with Gasteiger partial charge in [-0.15, -0.1) is 0 Å². The Labute approximate surface area is 110 Å². The molecule has 3 aromatic rings. The summed E-state index contributed by atoms with van der Waals surface area (Å²) in [5.74, 6) is -0.336. The molecule has 0 bridgehead atoms. The molecule has 1 unspecified atom stereocenters. The number of aliphatic hydroxyl groups is 1. The molecule has 3 rings (SSSR count). The maximum atomic E-state index is 13.2. The average Bonchev–Trinajstić information content (AvgIpc) is 2.46. The first kappa shape index (κ1) is 11.9. The molecular weight excluding hydrogens is 239 g/mol. The van der Waals surface area contributed by atoms with Gasteiger partial charge in [0, 0.05) is 0 Å². The van der Waals surface area contributed by atoms with Crippen molar-refractivity contribution in [3.63, 3.8) is 0 Å². The molecule has 0 heterocycles. The highest BCUT2D eigenvalue weighted by Crippen LogP contribution is 2.25. The second kappa shape index (κ2) is 4.82. The second-order valence-corrected chi connectivity index (χ2v) is 4.56. The average molecular weight is 252 g/mol. The highest BCUT2D eigenvalue weighted by molar-refractivity contribution is 5.83. The van der Waals surface area contributed by atoms with Gasteiger partial charge in [0.1, 0.15) is 11.9 Å². The van der Waals surface area contributed by atoms with E-state index in [1.807, 2.05) is 42.5 Å². The summed E-state index contributed by atoms with van der Waals surface area (Å²) in [5, 5.41) is 12.5. The summed E-state index contributed by atoms with van der Waals surface area (Å²) >= 11 is 0. The summed E-state index contributed by atoms with van der Waals surface area (Å²) in [5.41, 5.74) is 1.33. The first-order chi connectivity index (χ1) is 9.24. The zero-order chi connectivity index (χ0) is 13.2. The van der Waals surface area contributed by atoms with Gasteiger partial charge in [-0.25, -0.2) is 4.39 Å². The van der Waals surface area contributed by atoms with Crippen molar-refractivity contribution >= 4 is 10.8 Å². The lowest BCUT2D eigenvalue weighted by Crippen LogP contribution is -1.99. The van der Waals surface area contributed by atoms with E-state index in [0.29, 0.717) is 5.56 Å².